The van der Waals surface area contributed by atoms with Gasteiger partial charge in [0, 0.05) is 6.04 Å². The standard InChI is InChI=1S/C10H17N/c11-10-8-2-6-1-7(4-8)5-9(10)3-6/h6-10H,1-5,11H2/t6-,7?,8-,9?,10+/m0/s1. The molecule has 0 aromatic heterocycles. The maximum atomic E-state index is 6.17. The van der Waals surface area contributed by atoms with Crippen molar-refractivity contribution in [2.45, 2.75) is 38.1 Å². The first-order valence-electron chi connectivity index (χ1n) is 5.08. The lowest BCUT2D eigenvalue weighted by Gasteiger charge is -2.53. The molecule has 11 heavy (non-hydrogen) atoms. The Morgan fingerprint density at radius 1 is 0.727 bits per heavy atom. The van der Waals surface area contributed by atoms with Crippen molar-refractivity contribution in [3.8, 4) is 0 Å². The fourth-order valence-corrected chi connectivity index (χ4v) is 3.97. The van der Waals surface area contributed by atoms with E-state index in [4.69, 9.17) is 5.73 Å². The van der Waals surface area contributed by atoms with Crippen molar-refractivity contribution in [3.63, 3.8) is 0 Å². The summed E-state index contributed by atoms with van der Waals surface area (Å²) in [5, 5.41) is 0. The summed E-state index contributed by atoms with van der Waals surface area (Å²) in [5.41, 5.74) is 6.17. The van der Waals surface area contributed by atoms with Crippen LogP contribution in [0.3, 0.4) is 0 Å². The monoisotopic (exact) mass is 151 g/mol. The van der Waals surface area contributed by atoms with Crippen LogP contribution >= 0.6 is 0 Å². The molecule has 0 heterocycles. The summed E-state index contributed by atoms with van der Waals surface area (Å²) in [6.07, 6.45) is 7.41. The van der Waals surface area contributed by atoms with E-state index in [1.807, 2.05) is 0 Å². The minimum absolute atomic E-state index is 0.586. The molecule has 0 atom stereocenters. The lowest BCUT2D eigenvalue weighted by atomic mass is 9.54. The molecule has 0 aliphatic heterocycles. The topological polar surface area (TPSA) is 26.0 Å². The summed E-state index contributed by atoms with van der Waals surface area (Å²) in [4.78, 5) is 0. The molecule has 62 valence electrons. The van der Waals surface area contributed by atoms with Crippen LogP contribution in [0.15, 0.2) is 0 Å². The second-order valence-electron chi connectivity index (χ2n) is 5.01. The van der Waals surface area contributed by atoms with Gasteiger partial charge in [-0.3, -0.25) is 0 Å². The summed E-state index contributed by atoms with van der Waals surface area (Å²) >= 11 is 0. The van der Waals surface area contributed by atoms with Crippen molar-refractivity contribution in [1.29, 1.82) is 0 Å². The summed E-state index contributed by atoms with van der Waals surface area (Å²) in [5.74, 6) is 4.01. The van der Waals surface area contributed by atoms with Crippen LogP contribution in [0, 0.1) is 23.7 Å². The van der Waals surface area contributed by atoms with Crippen molar-refractivity contribution in [2.24, 2.45) is 29.4 Å². The van der Waals surface area contributed by atoms with Gasteiger partial charge in [-0.05, 0) is 55.8 Å². The fraction of sp³-hybridized carbons (Fsp3) is 1.00. The highest BCUT2D eigenvalue weighted by Gasteiger charge is 2.46. The molecule has 4 bridgehead atoms. The van der Waals surface area contributed by atoms with E-state index >= 15 is 0 Å². The van der Waals surface area contributed by atoms with E-state index in [9.17, 15) is 0 Å². The van der Waals surface area contributed by atoms with Crippen molar-refractivity contribution < 1.29 is 0 Å². The minimum atomic E-state index is 0.586. The summed E-state index contributed by atoms with van der Waals surface area (Å²) in [6.45, 7) is 0. The number of hydrogen-bond acceptors (Lipinski definition) is 1. The Morgan fingerprint density at radius 2 is 1.18 bits per heavy atom. The molecule has 4 aliphatic carbocycles. The lowest BCUT2D eigenvalue weighted by Crippen LogP contribution is -2.52. The largest absolute Gasteiger partial charge is 0.327 e. The molecular weight excluding hydrogens is 134 g/mol. The predicted octanol–water partition coefficient (Wildman–Crippen LogP) is 1.77. The van der Waals surface area contributed by atoms with Crippen LogP contribution in [0.5, 0.6) is 0 Å². The molecule has 2 N–H and O–H groups in total. The molecule has 0 saturated heterocycles. The van der Waals surface area contributed by atoms with Crippen molar-refractivity contribution >= 4 is 0 Å². The number of rotatable bonds is 0. The Hall–Kier alpha value is -0.0400. The van der Waals surface area contributed by atoms with E-state index in [2.05, 4.69) is 0 Å². The molecule has 0 aromatic rings. The highest BCUT2D eigenvalue weighted by atomic mass is 14.7. The first-order chi connectivity index (χ1) is 5.33. The van der Waals surface area contributed by atoms with Crippen LogP contribution in [0.2, 0.25) is 0 Å². The van der Waals surface area contributed by atoms with E-state index < -0.39 is 0 Å². The highest BCUT2D eigenvalue weighted by molar-refractivity contribution is 4.99. The maximum Gasteiger partial charge on any atom is 0.00960 e. The van der Waals surface area contributed by atoms with Crippen LogP contribution in [0.1, 0.15) is 32.1 Å². The third kappa shape index (κ3) is 0.807. The van der Waals surface area contributed by atoms with Crippen LogP contribution < -0.4 is 5.73 Å². The molecule has 0 radical (unpaired) electrons. The predicted molar refractivity (Wildman–Crippen MR) is 45.0 cm³/mol. The second-order valence-corrected chi connectivity index (χ2v) is 5.01. The van der Waals surface area contributed by atoms with Gasteiger partial charge in [-0.15, -0.1) is 0 Å². The molecule has 1 heteroatoms. The number of nitrogens with two attached hydrogens (primary N) is 1. The average molecular weight is 151 g/mol. The van der Waals surface area contributed by atoms with Gasteiger partial charge in [0.05, 0.1) is 0 Å². The third-order valence-electron chi connectivity index (χ3n) is 4.30. The van der Waals surface area contributed by atoms with Crippen LogP contribution in [-0.4, -0.2) is 6.04 Å². The zero-order valence-corrected chi connectivity index (χ0v) is 7.00. The average Bonchev–Trinajstić information content (AvgIpc) is 1.98. The van der Waals surface area contributed by atoms with Gasteiger partial charge < -0.3 is 5.73 Å². The van der Waals surface area contributed by atoms with Gasteiger partial charge in [0.15, 0.2) is 0 Å². The zero-order chi connectivity index (χ0) is 7.42. The summed E-state index contributed by atoms with van der Waals surface area (Å²) < 4.78 is 0. The van der Waals surface area contributed by atoms with E-state index in [1.54, 1.807) is 6.42 Å². The molecular formula is C10H17N. The Balaban J connectivity index is 1.91. The van der Waals surface area contributed by atoms with E-state index in [-0.39, 0.29) is 0 Å². The van der Waals surface area contributed by atoms with Gasteiger partial charge in [0.25, 0.3) is 0 Å². The van der Waals surface area contributed by atoms with Gasteiger partial charge in [0.2, 0.25) is 0 Å². The molecule has 4 aliphatic rings. The summed E-state index contributed by atoms with van der Waals surface area (Å²) in [7, 11) is 0. The molecule has 4 saturated carbocycles. The number of hydrogen-bond donors (Lipinski definition) is 1. The van der Waals surface area contributed by atoms with Crippen LogP contribution in [0.25, 0.3) is 0 Å². The fourth-order valence-electron chi connectivity index (χ4n) is 3.97. The smallest absolute Gasteiger partial charge is 0.00960 e. The molecule has 0 aromatic carbocycles. The van der Waals surface area contributed by atoms with Crippen LogP contribution in [-0.2, 0) is 0 Å². The maximum absolute atomic E-state index is 6.17. The van der Waals surface area contributed by atoms with Gasteiger partial charge in [-0.25, -0.2) is 0 Å². The molecule has 4 fully saturated rings. The van der Waals surface area contributed by atoms with Crippen molar-refractivity contribution in [3.05, 3.63) is 0 Å². The van der Waals surface area contributed by atoms with E-state index in [0.29, 0.717) is 6.04 Å². The SMILES string of the molecule is N[C@H]1C2CC3C[C@H](C2)C[C@H]1C3. The first kappa shape index (κ1) is 6.47. The molecule has 4 rings (SSSR count). The molecule has 0 spiro atoms. The quantitative estimate of drug-likeness (QED) is 0.561. The molecule has 0 unspecified atom stereocenters. The Bertz CT molecular complexity index is 148. The third-order valence-corrected chi connectivity index (χ3v) is 4.30. The Labute approximate surface area is 68.3 Å². The normalized spacial score (nSPS) is 60.3. The molecule has 1 nitrogen and oxygen atoms in total. The van der Waals surface area contributed by atoms with E-state index in [1.165, 1.54) is 25.7 Å². The van der Waals surface area contributed by atoms with Gasteiger partial charge >= 0.3 is 0 Å². The van der Waals surface area contributed by atoms with Gasteiger partial charge in [0.1, 0.15) is 0 Å². The highest BCUT2D eigenvalue weighted by Crippen LogP contribution is 2.52. The lowest BCUT2D eigenvalue weighted by molar-refractivity contribution is 0.000349. The van der Waals surface area contributed by atoms with Crippen molar-refractivity contribution in [2.75, 3.05) is 0 Å². The van der Waals surface area contributed by atoms with E-state index in [0.717, 1.165) is 23.7 Å². The zero-order valence-electron chi connectivity index (χ0n) is 7.00. The second kappa shape index (κ2) is 2.01. The van der Waals surface area contributed by atoms with Crippen molar-refractivity contribution in [1.82, 2.24) is 0 Å². The minimum Gasteiger partial charge on any atom is -0.327 e. The Kier molecular flexibility index (Phi) is 1.18. The first-order valence-corrected chi connectivity index (χ1v) is 5.08. The van der Waals surface area contributed by atoms with Gasteiger partial charge in [-0.2, -0.15) is 0 Å². The summed E-state index contributed by atoms with van der Waals surface area (Å²) in [6, 6.07) is 0.586. The molecule has 0 amide bonds. The van der Waals surface area contributed by atoms with Crippen LogP contribution in [0.4, 0.5) is 0 Å². The Morgan fingerprint density at radius 3 is 1.64 bits per heavy atom. The van der Waals surface area contributed by atoms with Gasteiger partial charge in [-0.1, -0.05) is 0 Å².